The van der Waals surface area contributed by atoms with Gasteiger partial charge in [-0.25, -0.2) is 0 Å². The van der Waals surface area contributed by atoms with E-state index < -0.39 is 0 Å². The number of hydrogen-bond acceptors (Lipinski definition) is 2. The summed E-state index contributed by atoms with van der Waals surface area (Å²) < 4.78 is 0. The highest BCUT2D eigenvalue weighted by Gasteiger charge is 1.89. The maximum atomic E-state index is 7.57. The van der Waals surface area contributed by atoms with Crippen LogP contribution in [0.5, 0.6) is 0 Å². The number of nitrogen functional groups attached to an aromatic ring is 1. The quantitative estimate of drug-likeness (QED) is 0.625. The van der Waals surface area contributed by atoms with E-state index in [0.29, 0.717) is 0 Å². The third-order valence-corrected chi connectivity index (χ3v) is 1.77. The number of anilines is 1. The second kappa shape index (κ2) is 5.25. The summed E-state index contributed by atoms with van der Waals surface area (Å²) in [6.45, 7) is 1.93. The number of nitrogens with two attached hydrogens (primary N) is 1. The molecule has 0 aliphatic carbocycles. The molecule has 2 aromatic carbocycles. The largest absolute Gasteiger partial charge is 0.399 e. The lowest BCUT2D eigenvalue weighted by Crippen LogP contribution is -1.82. The Morgan fingerprint density at radius 2 is 1.64 bits per heavy atom. The molecule has 0 fully saturated rings. The van der Waals surface area contributed by atoms with Gasteiger partial charge in [-0.2, -0.15) is 0 Å². The fraction of sp³-hybridized carbons (Fsp3) is 0.167. The van der Waals surface area contributed by atoms with Crippen LogP contribution in [0.4, 0.5) is 5.69 Å². The molecule has 0 aliphatic rings. The van der Waals surface area contributed by atoms with E-state index in [-0.39, 0.29) is 6.61 Å². The Labute approximate surface area is 84.0 Å². The molecule has 0 heterocycles. The first-order valence-electron chi connectivity index (χ1n) is 4.63. The first-order chi connectivity index (χ1) is 6.77. The minimum atomic E-state index is 0.250. The third kappa shape index (κ3) is 2.75. The van der Waals surface area contributed by atoms with E-state index in [1.807, 2.05) is 30.3 Å². The van der Waals surface area contributed by atoms with Gasteiger partial charge in [0.1, 0.15) is 0 Å². The summed E-state index contributed by atoms with van der Waals surface area (Å²) in [5, 5.41) is 10.0. The maximum Gasteiger partial charge on any atom is 0.0402 e. The van der Waals surface area contributed by atoms with Crippen molar-refractivity contribution in [1.29, 1.82) is 0 Å². The molecule has 0 amide bonds. The van der Waals surface area contributed by atoms with Crippen LogP contribution in [0.1, 0.15) is 6.92 Å². The van der Waals surface area contributed by atoms with Crippen LogP contribution in [-0.4, -0.2) is 11.7 Å². The summed E-state index contributed by atoms with van der Waals surface area (Å²) in [6.07, 6.45) is 0. The average Bonchev–Trinajstić information content (AvgIpc) is 2.19. The number of aliphatic hydroxyl groups excluding tert-OH is 1. The first-order valence-corrected chi connectivity index (χ1v) is 4.63. The summed E-state index contributed by atoms with van der Waals surface area (Å²) in [6, 6.07) is 14.1. The van der Waals surface area contributed by atoms with Crippen molar-refractivity contribution in [2.24, 2.45) is 0 Å². The summed E-state index contributed by atoms with van der Waals surface area (Å²) in [5.41, 5.74) is 6.45. The molecular weight excluding hydrogens is 174 g/mol. The van der Waals surface area contributed by atoms with Crippen molar-refractivity contribution in [3.8, 4) is 0 Å². The van der Waals surface area contributed by atoms with E-state index in [1.165, 1.54) is 10.8 Å². The molecule has 0 spiro atoms. The lowest BCUT2D eigenvalue weighted by molar-refractivity contribution is 0.318. The van der Waals surface area contributed by atoms with E-state index >= 15 is 0 Å². The molecule has 2 aromatic rings. The van der Waals surface area contributed by atoms with Crippen molar-refractivity contribution >= 4 is 16.5 Å². The van der Waals surface area contributed by atoms with Crippen molar-refractivity contribution < 1.29 is 5.11 Å². The van der Waals surface area contributed by atoms with Crippen LogP contribution in [0.25, 0.3) is 10.8 Å². The minimum Gasteiger partial charge on any atom is -0.399 e. The van der Waals surface area contributed by atoms with Crippen molar-refractivity contribution in [3.05, 3.63) is 42.5 Å². The van der Waals surface area contributed by atoms with Gasteiger partial charge in [0.15, 0.2) is 0 Å². The van der Waals surface area contributed by atoms with Gasteiger partial charge in [0.05, 0.1) is 0 Å². The highest BCUT2D eigenvalue weighted by molar-refractivity contribution is 5.85. The summed E-state index contributed by atoms with van der Waals surface area (Å²) >= 11 is 0. The van der Waals surface area contributed by atoms with Crippen LogP contribution < -0.4 is 5.73 Å². The van der Waals surface area contributed by atoms with Gasteiger partial charge in [0.25, 0.3) is 0 Å². The van der Waals surface area contributed by atoms with E-state index in [2.05, 4.69) is 12.1 Å². The molecule has 0 unspecified atom stereocenters. The Morgan fingerprint density at radius 3 is 2.29 bits per heavy atom. The van der Waals surface area contributed by atoms with Crippen LogP contribution >= 0.6 is 0 Å². The summed E-state index contributed by atoms with van der Waals surface area (Å²) in [5.74, 6) is 0. The lowest BCUT2D eigenvalue weighted by Gasteiger charge is -1.96. The van der Waals surface area contributed by atoms with Gasteiger partial charge in [-0.1, -0.05) is 30.3 Å². The van der Waals surface area contributed by atoms with E-state index in [4.69, 9.17) is 10.8 Å². The van der Waals surface area contributed by atoms with Crippen LogP contribution in [0.2, 0.25) is 0 Å². The number of aliphatic hydroxyl groups is 1. The molecule has 0 aromatic heterocycles. The van der Waals surface area contributed by atoms with Crippen molar-refractivity contribution in [1.82, 2.24) is 0 Å². The average molecular weight is 189 g/mol. The van der Waals surface area contributed by atoms with Gasteiger partial charge < -0.3 is 10.8 Å². The highest BCUT2D eigenvalue weighted by atomic mass is 16.2. The summed E-state index contributed by atoms with van der Waals surface area (Å²) in [7, 11) is 0. The molecular formula is C12H15NO. The van der Waals surface area contributed by atoms with Crippen molar-refractivity contribution in [3.63, 3.8) is 0 Å². The normalized spacial score (nSPS) is 9.29. The van der Waals surface area contributed by atoms with Crippen molar-refractivity contribution in [2.75, 3.05) is 12.3 Å². The fourth-order valence-corrected chi connectivity index (χ4v) is 1.21. The Morgan fingerprint density at radius 1 is 1.07 bits per heavy atom. The third-order valence-electron chi connectivity index (χ3n) is 1.77. The SMILES string of the molecule is CCO.Nc1ccc2ccccc2c1. The van der Waals surface area contributed by atoms with Crippen LogP contribution in [0.3, 0.4) is 0 Å². The Balaban J connectivity index is 0.000000293. The van der Waals surface area contributed by atoms with E-state index in [0.717, 1.165) is 5.69 Å². The molecule has 0 aliphatic heterocycles. The van der Waals surface area contributed by atoms with E-state index in [9.17, 15) is 0 Å². The first kappa shape index (κ1) is 10.5. The summed E-state index contributed by atoms with van der Waals surface area (Å²) in [4.78, 5) is 0. The zero-order valence-electron chi connectivity index (χ0n) is 8.27. The standard InChI is InChI=1S/C10H9N.C2H6O/c11-10-6-5-8-3-1-2-4-9(8)7-10;1-2-3/h1-7H,11H2;3H,2H2,1H3. The van der Waals surface area contributed by atoms with Gasteiger partial charge in [0.2, 0.25) is 0 Å². The topological polar surface area (TPSA) is 46.2 Å². The zero-order valence-corrected chi connectivity index (χ0v) is 8.27. The van der Waals surface area contributed by atoms with Gasteiger partial charge in [0, 0.05) is 12.3 Å². The molecule has 0 saturated carbocycles. The van der Waals surface area contributed by atoms with Crippen LogP contribution in [0.15, 0.2) is 42.5 Å². The monoisotopic (exact) mass is 189 g/mol. The molecule has 0 radical (unpaired) electrons. The van der Waals surface area contributed by atoms with Crippen LogP contribution in [-0.2, 0) is 0 Å². The molecule has 2 heteroatoms. The smallest absolute Gasteiger partial charge is 0.0402 e. The molecule has 2 nitrogen and oxygen atoms in total. The molecule has 0 bridgehead atoms. The number of hydrogen-bond donors (Lipinski definition) is 2. The Hall–Kier alpha value is -1.54. The van der Waals surface area contributed by atoms with Crippen LogP contribution in [0, 0.1) is 0 Å². The molecule has 14 heavy (non-hydrogen) atoms. The molecule has 0 saturated heterocycles. The molecule has 0 atom stereocenters. The van der Waals surface area contributed by atoms with Crippen molar-refractivity contribution in [2.45, 2.75) is 6.92 Å². The zero-order chi connectivity index (χ0) is 10.4. The minimum absolute atomic E-state index is 0.250. The number of fused-ring (bicyclic) bond motifs is 1. The lowest BCUT2D eigenvalue weighted by atomic mass is 10.1. The Bertz CT molecular complexity index is 398. The predicted octanol–water partition coefficient (Wildman–Crippen LogP) is 2.42. The Kier molecular flexibility index (Phi) is 3.95. The number of rotatable bonds is 0. The number of benzene rings is 2. The second-order valence-corrected chi connectivity index (χ2v) is 2.92. The maximum absolute atomic E-state index is 7.57. The second-order valence-electron chi connectivity index (χ2n) is 2.92. The highest BCUT2D eigenvalue weighted by Crippen LogP contribution is 2.15. The predicted molar refractivity (Wildman–Crippen MR) is 61.1 cm³/mol. The molecule has 74 valence electrons. The molecule has 3 N–H and O–H groups in total. The fourth-order valence-electron chi connectivity index (χ4n) is 1.21. The van der Waals surface area contributed by atoms with Gasteiger partial charge >= 0.3 is 0 Å². The van der Waals surface area contributed by atoms with Gasteiger partial charge in [-0.3, -0.25) is 0 Å². The van der Waals surface area contributed by atoms with E-state index in [1.54, 1.807) is 6.92 Å². The van der Waals surface area contributed by atoms with Gasteiger partial charge in [-0.15, -0.1) is 0 Å². The van der Waals surface area contributed by atoms with Gasteiger partial charge in [-0.05, 0) is 29.8 Å². The molecule has 2 rings (SSSR count).